The second-order valence-corrected chi connectivity index (χ2v) is 5.99. The molecule has 3 nitrogen and oxygen atoms in total. The van der Waals surface area contributed by atoms with Crippen molar-refractivity contribution in [3.8, 4) is 0 Å². The Morgan fingerprint density at radius 2 is 1.58 bits per heavy atom. The summed E-state index contributed by atoms with van der Waals surface area (Å²) in [5, 5.41) is 0. The van der Waals surface area contributed by atoms with Gasteiger partial charge in [-0.05, 0) is 24.5 Å². The molecule has 0 atom stereocenters. The van der Waals surface area contributed by atoms with Crippen molar-refractivity contribution in [2.45, 2.75) is 56.8 Å². The van der Waals surface area contributed by atoms with Crippen LogP contribution < -0.4 is 0 Å². The van der Waals surface area contributed by atoms with Crippen LogP contribution in [0.25, 0.3) is 0 Å². The number of unbranched alkanes of at least 4 members (excludes halogenated alkanes) is 5. The third-order valence-electron chi connectivity index (χ3n) is 3.05. The molecule has 0 bridgehead atoms. The Labute approximate surface area is 159 Å². The standard InChI is InChI=1S/C14H22O3S.K.H/c1-2-3-4-5-6-7-10-13-11-8-9-12-14(13)18(15,16)17;;/h8-9,11-12H,2-7,10H2,1H3,(H,15,16,17);;. The van der Waals surface area contributed by atoms with Gasteiger partial charge in [-0.1, -0.05) is 57.2 Å². The van der Waals surface area contributed by atoms with Crippen LogP contribution in [0.2, 0.25) is 0 Å². The summed E-state index contributed by atoms with van der Waals surface area (Å²) in [7, 11) is -4.08. The van der Waals surface area contributed by atoms with Gasteiger partial charge in [0.1, 0.15) is 0 Å². The Morgan fingerprint density at radius 1 is 1.00 bits per heavy atom. The maximum atomic E-state index is 11.2. The fourth-order valence-electron chi connectivity index (χ4n) is 2.06. The molecular weight excluding hydrogens is 287 g/mol. The molecule has 0 amide bonds. The van der Waals surface area contributed by atoms with Crippen molar-refractivity contribution >= 4 is 61.5 Å². The number of rotatable bonds is 8. The van der Waals surface area contributed by atoms with Crippen LogP contribution >= 0.6 is 0 Å². The molecule has 19 heavy (non-hydrogen) atoms. The first-order valence-electron chi connectivity index (χ1n) is 6.61. The van der Waals surface area contributed by atoms with Gasteiger partial charge < -0.3 is 0 Å². The van der Waals surface area contributed by atoms with E-state index in [-0.39, 0.29) is 56.3 Å². The summed E-state index contributed by atoms with van der Waals surface area (Å²) in [5.41, 5.74) is 0.718. The van der Waals surface area contributed by atoms with Crippen molar-refractivity contribution in [1.82, 2.24) is 0 Å². The zero-order valence-corrected chi connectivity index (χ0v) is 11.7. The van der Waals surface area contributed by atoms with Crippen LogP contribution in [0.5, 0.6) is 0 Å². The third kappa shape index (κ3) is 7.95. The van der Waals surface area contributed by atoms with Gasteiger partial charge in [-0.15, -0.1) is 0 Å². The van der Waals surface area contributed by atoms with Crippen molar-refractivity contribution in [3.05, 3.63) is 29.8 Å². The molecule has 0 aliphatic heterocycles. The molecule has 0 saturated heterocycles. The molecule has 104 valence electrons. The third-order valence-corrected chi connectivity index (χ3v) is 4.00. The Morgan fingerprint density at radius 3 is 2.21 bits per heavy atom. The van der Waals surface area contributed by atoms with Gasteiger partial charge in [-0.2, -0.15) is 8.42 Å². The van der Waals surface area contributed by atoms with Crippen LogP contribution in [0.1, 0.15) is 51.0 Å². The van der Waals surface area contributed by atoms with Crippen molar-refractivity contribution in [2.75, 3.05) is 0 Å². The van der Waals surface area contributed by atoms with E-state index in [9.17, 15) is 8.42 Å². The predicted octanol–water partition coefficient (Wildman–Crippen LogP) is 3.19. The van der Waals surface area contributed by atoms with E-state index in [1.165, 1.54) is 31.7 Å². The summed E-state index contributed by atoms with van der Waals surface area (Å²) in [6.45, 7) is 2.18. The number of hydrogen-bond acceptors (Lipinski definition) is 2. The van der Waals surface area contributed by atoms with Gasteiger partial charge in [-0.25, -0.2) is 0 Å². The topological polar surface area (TPSA) is 54.4 Å². The van der Waals surface area contributed by atoms with Crippen LogP contribution in [0, 0.1) is 0 Å². The Bertz CT molecular complexity index is 458. The van der Waals surface area contributed by atoms with Crippen LogP contribution in [0.15, 0.2) is 29.2 Å². The molecule has 1 N–H and O–H groups in total. The van der Waals surface area contributed by atoms with Gasteiger partial charge in [0, 0.05) is 0 Å². The first kappa shape index (κ1) is 19.8. The summed E-state index contributed by atoms with van der Waals surface area (Å²) >= 11 is 0. The van der Waals surface area contributed by atoms with Crippen molar-refractivity contribution in [3.63, 3.8) is 0 Å². The van der Waals surface area contributed by atoms with E-state index in [1.54, 1.807) is 18.2 Å². The SMILES string of the molecule is CCCCCCCCc1ccccc1S(=O)(=O)O.[KH]. The van der Waals surface area contributed by atoms with E-state index in [1.807, 2.05) is 0 Å². The summed E-state index contributed by atoms with van der Waals surface area (Å²) < 4.78 is 31.5. The van der Waals surface area contributed by atoms with Gasteiger partial charge in [0.2, 0.25) is 0 Å². The predicted molar refractivity (Wildman–Crippen MR) is 80.5 cm³/mol. The molecule has 1 aromatic carbocycles. The van der Waals surface area contributed by atoms with Gasteiger partial charge in [-0.3, -0.25) is 4.55 Å². The second-order valence-electron chi connectivity index (χ2n) is 4.60. The molecule has 0 spiro atoms. The van der Waals surface area contributed by atoms with Crippen molar-refractivity contribution in [1.29, 1.82) is 0 Å². The van der Waals surface area contributed by atoms with Crippen LogP contribution in [0.4, 0.5) is 0 Å². The minimum atomic E-state index is -4.08. The summed E-state index contributed by atoms with van der Waals surface area (Å²) in [4.78, 5) is 0.0542. The van der Waals surface area contributed by atoms with E-state index in [2.05, 4.69) is 6.92 Å². The summed E-state index contributed by atoms with van der Waals surface area (Å²) in [6.07, 6.45) is 7.73. The molecule has 0 saturated carbocycles. The Hall–Kier alpha value is 0.766. The molecule has 0 heterocycles. The van der Waals surface area contributed by atoms with E-state index in [4.69, 9.17) is 4.55 Å². The second kappa shape index (κ2) is 10.5. The number of aryl methyl sites for hydroxylation is 1. The molecule has 0 aromatic heterocycles. The van der Waals surface area contributed by atoms with E-state index in [0.29, 0.717) is 6.42 Å². The fraction of sp³-hybridized carbons (Fsp3) is 0.571. The molecule has 0 aliphatic rings. The van der Waals surface area contributed by atoms with Gasteiger partial charge in [0.05, 0.1) is 4.90 Å². The Kier molecular flexibility index (Phi) is 10.9. The molecule has 0 fully saturated rings. The molecule has 1 aromatic rings. The van der Waals surface area contributed by atoms with E-state index < -0.39 is 10.1 Å². The first-order valence-corrected chi connectivity index (χ1v) is 8.05. The first-order chi connectivity index (χ1) is 8.55. The van der Waals surface area contributed by atoms with Crippen molar-refractivity contribution < 1.29 is 13.0 Å². The molecule has 0 aliphatic carbocycles. The van der Waals surface area contributed by atoms with Gasteiger partial charge in [0.15, 0.2) is 0 Å². The van der Waals surface area contributed by atoms with E-state index in [0.717, 1.165) is 18.4 Å². The number of hydrogen-bond donors (Lipinski definition) is 1. The summed E-state index contributed by atoms with van der Waals surface area (Å²) in [5.74, 6) is 0. The zero-order valence-electron chi connectivity index (χ0n) is 10.9. The van der Waals surface area contributed by atoms with E-state index >= 15 is 0 Å². The Balaban J connectivity index is 0.00000324. The zero-order chi connectivity index (χ0) is 13.4. The molecule has 0 unspecified atom stereocenters. The monoisotopic (exact) mass is 310 g/mol. The van der Waals surface area contributed by atoms with Crippen LogP contribution in [0.3, 0.4) is 0 Å². The fourth-order valence-corrected chi connectivity index (χ4v) is 2.81. The normalized spacial score (nSPS) is 11.1. The average Bonchev–Trinajstić information content (AvgIpc) is 2.33. The van der Waals surface area contributed by atoms with Crippen molar-refractivity contribution in [2.24, 2.45) is 0 Å². The minimum absolute atomic E-state index is 0. The summed E-state index contributed by atoms with van der Waals surface area (Å²) in [6, 6.07) is 6.67. The molecular formula is C14H23KO3S. The molecule has 5 heteroatoms. The average molecular weight is 310 g/mol. The van der Waals surface area contributed by atoms with Gasteiger partial charge >= 0.3 is 51.4 Å². The maximum absolute atomic E-state index is 11.2. The quantitative estimate of drug-likeness (QED) is 0.456. The number of benzene rings is 1. The van der Waals surface area contributed by atoms with Gasteiger partial charge in [0.25, 0.3) is 10.1 Å². The van der Waals surface area contributed by atoms with Crippen LogP contribution in [-0.4, -0.2) is 64.4 Å². The molecule has 0 radical (unpaired) electrons. The van der Waals surface area contributed by atoms with Crippen LogP contribution in [-0.2, 0) is 16.5 Å². The molecule has 1 rings (SSSR count).